The second-order valence-corrected chi connectivity index (χ2v) is 5.29. The van der Waals surface area contributed by atoms with E-state index in [9.17, 15) is 9.59 Å². The van der Waals surface area contributed by atoms with Crippen LogP contribution in [0.25, 0.3) is 0 Å². The molecule has 1 amide bonds. The molecule has 0 aromatic carbocycles. The number of hydrogen-bond acceptors (Lipinski definition) is 5. The van der Waals surface area contributed by atoms with E-state index in [1.807, 2.05) is 18.7 Å². The smallest absolute Gasteiger partial charge is 0.339 e. The number of carbonyl (C=O) groups is 2. The van der Waals surface area contributed by atoms with Crippen molar-refractivity contribution < 1.29 is 23.8 Å². The van der Waals surface area contributed by atoms with Crippen LogP contribution in [0.5, 0.6) is 0 Å². The van der Waals surface area contributed by atoms with Gasteiger partial charge in [0.2, 0.25) is 5.91 Å². The van der Waals surface area contributed by atoms with Gasteiger partial charge in [0, 0.05) is 12.6 Å². The van der Waals surface area contributed by atoms with E-state index in [1.165, 1.54) is 12.3 Å². The van der Waals surface area contributed by atoms with Crippen LogP contribution in [0.15, 0.2) is 16.7 Å². The van der Waals surface area contributed by atoms with Crippen molar-refractivity contribution >= 4 is 11.9 Å². The van der Waals surface area contributed by atoms with Crippen LogP contribution in [-0.2, 0) is 16.1 Å². The van der Waals surface area contributed by atoms with Crippen LogP contribution in [0.3, 0.4) is 0 Å². The van der Waals surface area contributed by atoms with Gasteiger partial charge in [-0.05, 0) is 19.9 Å². The van der Waals surface area contributed by atoms with Crippen molar-refractivity contribution in [1.82, 2.24) is 10.2 Å². The van der Waals surface area contributed by atoms with Crippen LogP contribution in [0.1, 0.15) is 30.0 Å². The van der Waals surface area contributed by atoms with Crippen molar-refractivity contribution in [2.75, 3.05) is 19.8 Å². The first-order valence-electron chi connectivity index (χ1n) is 6.91. The first-order chi connectivity index (χ1) is 9.99. The van der Waals surface area contributed by atoms with Crippen molar-refractivity contribution in [2.45, 2.75) is 32.5 Å². The molecule has 0 radical (unpaired) electrons. The monoisotopic (exact) mass is 296 g/mol. The normalized spacial score (nSPS) is 19.7. The Balaban J connectivity index is 2.10. The molecular weight excluding hydrogens is 276 g/mol. The molecule has 0 spiro atoms. The molecule has 1 atom stereocenters. The molecule has 21 heavy (non-hydrogen) atoms. The Bertz CT molecular complexity index is 511. The standard InChI is InChI=1S/C14H20N2O5/c1-9(2)15-13(17)11-8-20-6-4-16(11)7-12-10(14(18)19)3-5-21-12/h3,5,9,11H,4,6-8H2,1-2H3,(H,15,17)(H,18,19). The van der Waals surface area contributed by atoms with Gasteiger partial charge in [-0.3, -0.25) is 9.69 Å². The third-order valence-corrected chi connectivity index (χ3v) is 3.30. The number of carboxylic acid groups (broad SMARTS) is 1. The van der Waals surface area contributed by atoms with Crippen molar-refractivity contribution in [3.63, 3.8) is 0 Å². The molecule has 2 N–H and O–H groups in total. The lowest BCUT2D eigenvalue weighted by Gasteiger charge is -2.34. The summed E-state index contributed by atoms with van der Waals surface area (Å²) < 4.78 is 10.6. The maximum Gasteiger partial charge on any atom is 0.339 e. The van der Waals surface area contributed by atoms with Crippen LogP contribution in [0.4, 0.5) is 0 Å². The van der Waals surface area contributed by atoms with Crippen molar-refractivity contribution in [3.05, 3.63) is 23.7 Å². The average molecular weight is 296 g/mol. The fraction of sp³-hybridized carbons (Fsp3) is 0.571. The molecule has 0 saturated carbocycles. The highest BCUT2D eigenvalue weighted by Crippen LogP contribution is 2.17. The minimum Gasteiger partial charge on any atom is -0.478 e. The molecule has 1 aliphatic heterocycles. The number of nitrogens with one attached hydrogen (secondary N) is 1. The number of morpholine rings is 1. The van der Waals surface area contributed by atoms with Gasteiger partial charge in [0.25, 0.3) is 0 Å². The summed E-state index contributed by atoms with van der Waals surface area (Å²) >= 11 is 0. The van der Waals surface area contributed by atoms with Gasteiger partial charge in [0.05, 0.1) is 26.0 Å². The highest BCUT2D eigenvalue weighted by molar-refractivity contribution is 5.88. The maximum atomic E-state index is 12.2. The Labute approximate surface area is 122 Å². The predicted octanol–water partition coefficient (Wildman–Crippen LogP) is 0.703. The molecule has 7 heteroatoms. The predicted molar refractivity (Wildman–Crippen MR) is 74.0 cm³/mol. The Hall–Kier alpha value is -1.86. The third kappa shape index (κ3) is 3.83. The van der Waals surface area contributed by atoms with E-state index < -0.39 is 12.0 Å². The largest absolute Gasteiger partial charge is 0.478 e. The molecule has 1 fully saturated rings. The van der Waals surface area contributed by atoms with Gasteiger partial charge in [-0.25, -0.2) is 4.79 Å². The molecule has 1 saturated heterocycles. The quantitative estimate of drug-likeness (QED) is 0.831. The van der Waals surface area contributed by atoms with Crippen LogP contribution in [-0.4, -0.2) is 53.7 Å². The fourth-order valence-electron chi connectivity index (χ4n) is 2.29. The molecule has 1 aromatic rings. The summed E-state index contributed by atoms with van der Waals surface area (Å²) in [6.07, 6.45) is 1.35. The van der Waals surface area contributed by atoms with Gasteiger partial charge >= 0.3 is 5.97 Å². The van der Waals surface area contributed by atoms with Gasteiger partial charge in [-0.1, -0.05) is 0 Å². The molecule has 1 aliphatic rings. The van der Waals surface area contributed by atoms with Gasteiger partial charge in [0.15, 0.2) is 0 Å². The minimum absolute atomic E-state index is 0.0412. The van der Waals surface area contributed by atoms with E-state index in [1.54, 1.807) is 0 Å². The van der Waals surface area contributed by atoms with Crippen molar-refractivity contribution in [1.29, 1.82) is 0 Å². The van der Waals surface area contributed by atoms with Gasteiger partial charge in [-0.2, -0.15) is 0 Å². The molecule has 0 bridgehead atoms. The lowest BCUT2D eigenvalue weighted by atomic mass is 10.1. The van der Waals surface area contributed by atoms with E-state index in [4.69, 9.17) is 14.3 Å². The summed E-state index contributed by atoms with van der Waals surface area (Å²) in [6, 6.07) is 1.02. The zero-order valence-electron chi connectivity index (χ0n) is 12.2. The Morgan fingerprint density at radius 3 is 2.95 bits per heavy atom. The number of aromatic carboxylic acids is 1. The van der Waals surface area contributed by atoms with Gasteiger partial charge in [0.1, 0.15) is 17.4 Å². The summed E-state index contributed by atoms with van der Waals surface area (Å²) in [6.45, 7) is 5.41. The van der Waals surface area contributed by atoms with Gasteiger partial charge in [-0.15, -0.1) is 0 Å². The molecular formula is C14H20N2O5. The average Bonchev–Trinajstić information content (AvgIpc) is 2.87. The molecule has 2 rings (SSSR count). The molecule has 1 unspecified atom stereocenters. The summed E-state index contributed by atoms with van der Waals surface area (Å²) in [5, 5.41) is 11.9. The molecule has 2 heterocycles. The zero-order valence-corrected chi connectivity index (χ0v) is 12.2. The number of nitrogens with zero attached hydrogens (tertiary/aromatic N) is 1. The van der Waals surface area contributed by atoms with E-state index in [-0.39, 0.29) is 24.1 Å². The number of ether oxygens (including phenoxy) is 1. The molecule has 7 nitrogen and oxygen atoms in total. The van der Waals surface area contributed by atoms with Crippen molar-refractivity contribution in [2.24, 2.45) is 0 Å². The summed E-state index contributed by atoms with van der Waals surface area (Å²) in [5.41, 5.74) is 0.129. The minimum atomic E-state index is -1.03. The third-order valence-electron chi connectivity index (χ3n) is 3.30. The summed E-state index contributed by atoms with van der Waals surface area (Å²) in [7, 11) is 0. The first-order valence-corrected chi connectivity index (χ1v) is 6.91. The Morgan fingerprint density at radius 2 is 2.29 bits per heavy atom. The number of amides is 1. The topological polar surface area (TPSA) is 92.0 Å². The van der Waals surface area contributed by atoms with Gasteiger partial charge < -0.3 is 19.6 Å². The number of carbonyl (C=O) groups excluding carboxylic acids is 1. The highest BCUT2D eigenvalue weighted by atomic mass is 16.5. The van der Waals surface area contributed by atoms with E-state index >= 15 is 0 Å². The second kappa shape index (κ2) is 6.73. The number of carboxylic acids is 1. The Kier molecular flexibility index (Phi) is 4.98. The van der Waals surface area contributed by atoms with Crippen molar-refractivity contribution in [3.8, 4) is 0 Å². The SMILES string of the molecule is CC(C)NC(=O)C1COCCN1Cc1occc1C(=O)O. The molecule has 116 valence electrons. The van der Waals surface area contributed by atoms with Crippen LogP contribution in [0.2, 0.25) is 0 Å². The van der Waals surface area contributed by atoms with Crippen LogP contribution < -0.4 is 5.32 Å². The summed E-state index contributed by atoms with van der Waals surface area (Å²) in [5.74, 6) is -0.796. The van der Waals surface area contributed by atoms with E-state index in [0.29, 0.717) is 25.5 Å². The fourth-order valence-corrected chi connectivity index (χ4v) is 2.29. The second-order valence-electron chi connectivity index (χ2n) is 5.29. The zero-order chi connectivity index (χ0) is 15.4. The lowest BCUT2D eigenvalue weighted by molar-refractivity contribution is -0.133. The van der Waals surface area contributed by atoms with Crippen LogP contribution >= 0.6 is 0 Å². The first kappa shape index (κ1) is 15.5. The highest BCUT2D eigenvalue weighted by Gasteiger charge is 2.31. The lowest BCUT2D eigenvalue weighted by Crippen LogP contribution is -2.54. The summed E-state index contributed by atoms with van der Waals surface area (Å²) in [4.78, 5) is 25.2. The number of rotatable bonds is 5. The molecule has 1 aromatic heterocycles. The van der Waals surface area contributed by atoms with E-state index in [2.05, 4.69) is 5.32 Å². The van der Waals surface area contributed by atoms with Crippen LogP contribution in [0, 0.1) is 0 Å². The maximum absolute atomic E-state index is 12.2. The molecule has 0 aliphatic carbocycles. The Morgan fingerprint density at radius 1 is 1.52 bits per heavy atom. The number of hydrogen-bond donors (Lipinski definition) is 2. The van der Waals surface area contributed by atoms with E-state index in [0.717, 1.165) is 0 Å². The number of furan rings is 1.